The Labute approximate surface area is 235 Å². The second-order valence-electron chi connectivity index (χ2n) is 8.00. The van der Waals surface area contributed by atoms with Crippen molar-refractivity contribution in [2.45, 2.75) is 29.9 Å². The highest BCUT2D eigenvalue weighted by atomic mass is 32.2. The number of thioether (sulfide) groups is 2. The molecule has 0 aromatic carbocycles. The van der Waals surface area contributed by atoms with Crippen molar-refractivity contribution in [3.63, 3.8) is 0 Å². The van der Waals surface area contributed by atoms with Gasteiger partial charge in [-0.05, 0) is 12.5 Å². The van der Waals surface area contributed by atoms with Gasteiger partial charge in [0.05, 0.1) is 18.2 Å². The Morgan fingerprint density at radius 2 is 2.18 bits per heavy atom. The van der Waals surface area contributed by atoms with Crippen LogP contribution in [0.4, 0.5) is 16.9 Å². The number of rotatable bonds is 10. The number of carbonyl (C=O) groups excluding carboxylic acids is 3. The number of nitrogen functional groups attached to an aromatic ring is 3. The summed E-state index contributed by atoms with van der Waals surface area (Å²) in [5.41, 5.74) is 17.8. The number of anilines is 3. The summed E-state index contributed by atoms with van der Waals surface area (Å²) >= 11 is 3.62. The number of β-lactam (4-membered cyclic amide) rings is 1. The van der Waals surface area contributed by atoms with Gasteiger partial charge in [-0.25, -0.2) is 9.55 Å². The van der Waals surface area contributed by atoms with E-state index in [1.165, 1.54) is 28.9 Å². The maximum Gasteiger partial charge on any atom is 0.346 e. The van der Waals surface area contributed by atoms with Crippen LogP contribution >= 0.6 is 34.9 Å². The average Bonchev–Trinajstić information content (AvgIpc) is 3.33. The lowest BCUT2D eigenvalue weighted by atomic mass is 10.0. The van der Waals surface area contributed by atoms with Crippen LogP contribution in [0, 0.1) is 12.3 Å². The molecule has 4 heterocycles. The molecule has 39 heavy (non-hydrogen) atoms. The molecular weight excluding hydrogens is 567 g/mol. The van der Waals surface area contributed by atoms with Crippen LogP contribution in [0.5, 0.6) is 0 Å². The van der Waals surface area contributed by atoms with Gasteiger partial charge in [0.1, 0.15) is 17.1 Å². The van der Waals surface area contributed by atoms with E-state index < -0.39 is 29.2 Å². The fraction of sp³-hybridized carbons (Fsp3) is 0.318. The number of carboxylic acid groups (broad SMARTS) is 1. The van der Waals surface area contributed by atoms with Crippen molar-refractivity contribution < 1.29 is 28.9 Å². The smallest absolute Gasteiger partial charge is 0.346 e. The molecule has 2 atom stereocenters. The van der Waals surface area contributed by atoms with Crippen molar-refractivity contribution in [3.8, 4) is 12.3 Å². The summed E-state index contributed by atoms with van der Waals surface area (Å²) in [6, 6.07) is 0.630. The van der Waals surface area contributed by atoms with Gasteiger partial charge in [0.2, 0.25) is 0 Å². The lowest BCUT2D eigenvalue weighted by molar-refractivity contribution is -0.667. The number of nitrogens with two attached hydrogens (primary N) is 3. The van der Waals surface area contributed by atoms with E-state index in [0.29, 0.717) is 23.0 Å². The summed E-state index contributed by atoms with van der Waals surface area (Å²) < 4.78 is 1.63. The van der Waals surface area contributed by atoms with Crippen LogP contribution < -0.4 is 32.2 Å². The second-order valence-corrected chi connectivity index (χ2v) is 11.0. The fourth-order valence-electron chi connectivity index (χ4n) is 3.85. The van der Waals surface area contributed by atoms with E-state index in [0.717, 1.165) is 16.2 Å². The number of aliphatic carboxylic acids is 1. The number of fused-ring (bicyclic) bond motifs is 1. The standard InChI is InChI=1S/C22H23N9O5S3/c1-3-5-36-29-14(11-9-39-22(25)26-11)17(32)28-15-18(33)31-16(20(34)35)10(8-38-19(15)31)7-37-13-6-12(23)30(4-2)21(24)27-13/h1,6,9,15,19H,4-5,7-8H2,2H3,(H7,23,24,25,26,27,28,32,34,35)/b29-14-/t15-,19-/m1/s1. The zero-order valence-electron chi connectivity index (χ0n) is 20.4. The van der Waals surface area contributed by atoms with Gasteiger partial charge in [0, 0.05) is 23.0 Å². The van der Waals surface area contributed by atoms with Crippen LogP contribution in [0.1, 0.15) is 12.6 Å². The van der Waals surface area contributed by atoms with Crippen molar-refractivity contribution in [2.75, 3.05) is 35.3 Å². The highest BCUT2D eigenvalue weighted by Crippen LogP contribution is 2.41. The Balaban J connectivity index is 1.49. The molecule has 4 rings (SSSR count). The van der Waals surface area contributed by atoms with E-state index in [4.69, 9.17) is 28.5 Å². The Kier molecular flexibility index (Phi) is 8.47. The molecule has 1 fully saturated rings. The molecule has 14 nitrogen and oxygen atoms in total. The molecule has 0 bridgehead atoms. The first-order valence-electron chi connectivity index (χ1n) is 11.3. The topological polar surface area (TPSA) is 219 Å². The van der Waals surface area contributed by atoms with Gasteiger partial charge in [-0.2, -0.15) is 0 Å². The van der Waals surface area contributed by atoms with Gasteiger partial charge >= 0.3 is 5.95 Å². The SMILES string of the molecule is C#CCO/N=C(\C(=O)N[C@@H]1C(=O)N2C(C(=O)[O-])=C(CSc3cc(N)[n+](CC)c(N)n3)CS[C@H]12)c1csc(N)n1. The number of hydrogen-bond donors (Lipinski definition) is 4. The Bertz CT molecular complexity index is 1410. The number of carbonyl (C=O) groups is 3. The lowest BCUT2D eigenvalue weighted by Crippen LogP contribution is -2.71. The minimum atomic E-state index is -1.50. The van der Waals surface area contributed by atoms with Crippen LogP contribution in [0.25, 0.3) is 0 Å². The van der Waals surface area contributed by atoms with Crippen LogP contribution in [0.3, 0.4) is 0 Å². The molecule has 0 unspecified atom stereocenters. The average molecular weight is 590 g/mol. The number of nitrogens with one attached hydrogen (secondary N) is 1. The number of amides is 2. The van der Waals surface area contributed by atoms with E-state index in [-0.39, 0.29) is 46.3 Å². The quantitative estimate of drug-likeness (QED) is 0.0350. The molecule has 17 heteroatoms. The zero-order valence-corrected chi connectivity index (χ0v) is 22.9. The molecule has 7 N–H and O–H groups in total. The molecular formula is C22H23N9O5S3. The van der Waals surface area contributed by atoms with E-state index in [1.807, 2.05) is 6.92 Å². The van der Waals surface area contributed by atoms with Crippen molar-refractivity contribution in [1.82, 2.24) is 20.2 Å². The number of oxime groups is 1. The Morgan fingerprint density at radius 1 is 1.41 bits per heavy atom. The molecule has 1 saturated heterocycles. The zero-order chi connectivity index (χ0) is 28.3. The molecule has 2 aliphatic rings. The molecule has 204 valence electrons. The van der Waals surface area contributed by atoms with Crippen molar-refractivity contribution in [1.29, 1.82) is 0 Å². The van der Waals surface area contributed by atoms with Gasteiger partial charge in [-0.3, -0.25) is 14.5 Å². The minimum absolute atomic E-state index is 0.141. The summed E-state index contributed by atoms with van der Waals surface area (Å²) in [4.78, 5) is 52.5. The summed E-state index contributed by atoms with van der Waals surface area (Å²) in [6.45, 7) is 2.23. The summed E-state index contributed by atoms with van der Waals surface area (Å²) in [7, 11) is 0. The summed E-state index contributed by atoms with van der Waals surface area (Å²) in [6.07, 6.45) is 5.16. The third-order valence-electron chi connectivity index (χ3n) is 5.61. The summed E-state index contributed by atoms with van der Waals surface area (Å²) in [5.74, 6) is 0.493. The van der Waals surface area contributed by atoms with Crippen LogP contribution in [-0.4, -0.2) is 67.9 Å². The van der Waals surface area contributed by atoms with Crippen LogP contribution in [0.15, 0.2) is 32.9 Å². The molecule has 0 spiro atoms. The van der Waals surface area contributed by atoms with Gasteiger partial charge < -0.3 is 37.3 Å². The molecule has 0 aliphatic carbocycles. The number of thiazole rings is 1. The van der Waals surface area contributed by atoms with E-state index in [2.05, 4.69) is 26.4 Å². The van der Waals surface area contributed by atoms with Gasteiger partial charge in [-0.15, -0.1) is 34.5 Å². The maximum atomic E-state index is 13.0. The third kappa shape index (κ3) is 5.72. The second kappa shape index (κ2) is 11.8. The molecule has 0 saturated carbocycles. The minimum Gasteiger partial charge on any atom is -0.543 e. The molecule has 2 aliphatic heterocycles. The largest absolute Gasteiger partial charge is 0.543 e. The molecule has 2 aromatic rings. The predicted molar refractivity (Wildman–Crippen MR) is 145 cm³/mol. The van der Waals surface area contributed by atoms with Crippen molar-refractivity contribution in [2.24, 2.45) is 5.16 Å². The number of aromatic nitrogens is 3. The number of hydrogen-bond acceptors (Lipinski definition) is 14. The number of nitrogens with zero attached hydrogens (tertiary/aromatic N) is 5. The fourth-order valence-corrected chi connectivity index (χ4v) is 6.80. The highest BCUT2D eigenvalue weighted by molar-refractivity contribution is 8.01. The van der Waals surface area contributed by atoms with E-state index in [9.17, 15) is 19.5 Å². The number of terminal acetylenes is 1. The predicted octanol–water partition coefficient (Wildman–Crippen LogP) is -1.86. The van der Waals surface area contributed by atoms with Crippen LogP contribution in [0.2, 0.25) is 0 Å². The maximum absolute atomic E-state index is 13.0. The first kappa shape index (κ1) is 28.0. The third-order valence-corrected chi connectivity index (χ3v) is 8.62. The normalized spacial score (nSPS) is 18.7. The van der Waals surface area contributed by atoms with Crippen molar-refractivity contribution in [3.05, 3.63) is 28.4 Å². The van der Waals surface area contributed by atoms with Gasteiger partial charge in [-0.1, -0.05) is 22.8 Å². The van der Waals surface area contributed by atoms with Gasteiger partial charge in [0.15, 0.2) is 28.3 Å². The Hall–Kier alpha value is -4.01. The lowest BCUT2D eigenvalue weighted by Gasteiger charge is -2.50. The van der Waals surface area contributed by atoms with E-state index >= 15 is 0 Å². The van der Waals surface area contributed by atoms with Gasteiger partial charge in [0.25, 0.3) is 11.8 Å². The Morgan fingerprint density at radius 3 is 2.79 bits per heavy atom. The molecule has 0 radical (unpaired) electrons. The van der Waals surface area contributed by atoms with Crippen LogP contribution in [-0.2, 0) is 25.8 Å². The summed E-state index contributed by atoms with van der Waals surface area (Å²) in [5, 5.41) is 20.0. The van der Waals surface area contributed by atoms with E-state index in [1.54, 1.807) is 10.6 Å². The molecule has 2 amide bonds. The first-order valence-corrected chi connectivity index (χ1v) is 14.2. The molecule has 2 aromatic heterocycles. The number of carboxylic acids is 1. The monoisotopic (exact) mass is 589 g/mol. The highest BCUT2D eigenvalue weighted by Gasteiger charge is 2.53. The van der Waals surface area contributed by atoms with Crippen molar-refractivity contribution >= 4 is 75.3 Å². The first-order chi connectivity index (χ1) is 18.7.